The summed E-state index contributed by atoms with van der Waals surface area (Å²) in [6.45, 7) is 4.23. The van der Waals surface area contributed by atoms with Crippen LogP contribution in [0.1, 0.15) is 56.7 Å². The molecular weight excluding hydrogens is 815 g/mol. The van der Waals surface area contributed by atoms with Crippen LogP contribution in [-0.4, -0.2) is 102 Å². The second-order valence-electron chi connectivity index (χ2n) is 13.1. The van der Waals surface area contributed by atoms with Crippen LogP contribution in [0.3, 0.4) is 0 Å². The third kappa shape index (κ3) is 16.4. The molecule has 3 aromatic carbocycles. The fourth-order valence-corrected chi connectivity index (χ4v) is 6.85. The number of amides is 3. The number of nitrogens with zero attached hydrogens (tertiary/aromatic N) is 5. The summed E-state index contributed by atoms with van der Waals surface area (Å²) in [5.74, 6) is -0.672. The summed E-state index contributed by atoms with van der Waals surface area (Å²) in [6.07, 6.45) is -0.498. The quantitative estimate of drug-likeness (QED) is 0.0208. The molecule has 1 atom stereocenters. The number of carbonyl (C=O) groups is 3. The summed E-state index contributed by atoms with van der Waals surface area (Å²) >= 11 is 7.15. The van der Waals surface area contributed by atoms with Gasteiger partial charge >= 0.3 is 6.18 Å². The maximum absolute atomic E-state index is 13.5. The Kier molecular flexibility index (Phi) is 19.8. The van der Waals surface area contributed by atoms with Crippen LogP contribution in [0.4, 0.5) is 24.5 Å². The predicted molar refractivity (Wildman–Crippen MR) is 222 cm³/mol. The molecule has 1 heterocycles. The van der Waals surface area contributed by atoms with E-state index in [0.717, 1.165) is 62.0 Å². The Morgan fingerprint density at radius 2 is 1.68 bits per heavy atom. The Balaban J connectivity index is 1.26. The zero-order valence-corrected chi connectivity index (χ0v) is 33.8. The van der Waals surface area contributed by atoms with Crippen LogP contribution < -0.4 is 26.7 Å². The standard InChI is InChI=1S/C39H47ClF3N9O6S/c40-33-9-7-27(22-32(33)39(41,42)43)24-48-50-37(54)31-23-30(52-13-2-1-3-14-52)8-10-35(31)49-36(53)29-6-4-5-28(21-29)25-59-26-34(44)38(55)46-11-15-56-17-19-58-20-18-57-16-12-47-51-45/h4-10,21-24,34H,1-3,11-20,25-26,44H2,(H,46,55)(H,49,53)(H,50,54)/b48-24-/t34-/m0/s1. The van der Waals surface area contributed by atoms with Gasteiger partial charge in [-0.1, -0.05) is 34.9 Å². The molecule has 59 heavy (non-hydrogen) atoms. The molecule has 318 valence electrons. The molecule has 5 N–H and O–H groups in total. The van der Waals surface area contributed by atoms with Crippen molar-refractivity contribution < 1.29 is 41.8 Å². The normalized spacial score (nSPS) is 13.5. The molecule has 1 fully saturated rings. The van der Waals surface area contributed by atoms with Crippen LogP contribution in [0.15, 0.2) is 70.9 Å². The molecule has 4 rings (SSSR count). The topological polar surface area (TPSA) is 205 Å². The number of thioether (sulfide) groups is 1. The molecule has 1 saturated heterocycles. The van der Waals surface area contributed by atoms with Gasteiger partial charge in [0.1, 0.15) is 0 Å². The molecule has 15 nitrogen and oxygen atoms in total. The zero-order valence-electron chi connectivity index (χ0n) is 32.2. The van der Waals surface area contributed by atoms with Crippen molar-refractivity contribution in [2.24, 2.45) is 15.9 Å². The molecule has 0 aromatic heterocycles. The van der Waals surface area contributed by atoms with Gasteiger partial charge in [0.25, 0.3) is 11.8 Å². The van der Waals surface area contributed by atoms with Gasteiger partial charge in [-0.3, -0.25) is 14.4 Å². The third-order valence-corrected chi connectivity index (χ3v) is 10.1. The number of halogens is 4. The van der Waals surface area contributed by atoms with E-state index in [1.54, 1.807) is 30.3 Å². The van der Waals surface area contributed by atoms with Crippen molar-refractivity contribution in [1.29, 1.82) is 0 Å². The molecule has 0 unspecified atom stereocenters. The molecule has 1 aliphatic rings. The number of carbonyl (C=O) groups excluding carboxylic acids is 3. The Morgan fingerprint density at radius 3 is 2.41 bits per heavy atom. The van der Waals surface area contributed by atoms with Gasteiger partial charge in [0, 0.05) is 53.8 Å². The van der Waals surface area contributed by atoms with E-state index in [9.17, 15) is 27.6 Å². The predicted octanol–water partition coefficient (Wildman–Crippen LogP) is 6.40. The number of nitrogens with one attached hydrogen (secondary N) is 3. The van der Waals surface area contributed by atoms with Crippen LogP contribution in [0.5, 0.6) is 0 Å². The fourth-order valence-electron chi connectivity index (χ4n) is 5.69. The van der Waals surface area contributed by atoms with Gasteiger partial charge in [0.2, 0.25) is 5.91 Å². The third-order valence-electron chi connectivity index (χ3n) is 8.67. The first kappa shape index (κ1) is 46.8. The molecule has 0 bridgehead atoms. The van der Waals surface area contributed by atoms with Crippen molar-refractivity contribution in [1.82, 2.24) is 10.7 Å². The Morgan fingerprint density at radius 1 is 0.949 bits per heavy atom. The van der Waals surface area contributed by atoms with Crippen LogP contribution in [0, 0.1) is 0 Å². The average molecular weight is 862 g/mol. The number of benzene rings is 3. The fraction of sp³-hybridized carbons (Fsp3) is 0.436. The van der Waals surface area contributed by atoms with E-state index < -0.39 is 34.6 Å². The lowest BCUT2D eigenvalue weighted by Gasteiger charge is -2.29. The molecule has 3 aromatic rings. The molecule has 0 spiro atoms. The van der Waals surface area contributed by atoms with E-state index in [4.69, 9.17) is 37.1 Å². The van der Waals surface area contributed by atoms with Gasteiger partial charge in [-0.15, -0.1) is 0 Å². The molecule has 20 heteroatoms. The van der Waals surface area contributed by atoms with Gasteiger partial charge in [0.15, 0.2) is 0 Å². The summed E-state index contributed by atoms with van der Waals surface area (Å²) in [6, 6.07) is 14.5. The number of rotatable bonds is 23. The van der Waals surface area contributed by atoms with Crippen LogP contribution in [0.2, 0.25) is 5.02 Å². The van der Waals surface area contributed by atoms with Gasteiger partial charge in [-0.25, -0.2) is 5.43 Å². The highest BCUT2D eigenvalue weighted by Crippen LogP contribution is 2.35. The largest absolute Gasteiger partial charge is 0.417 e. The first-order valence-electron chi connectivity index (χ1n) is 18.8. The molecule has 1 aliphatic heterocycles. The number of piperidine rings is 1. The SMILES string of the molecule is [N-]=[N+]=NCCOCCOCCOCCNC(=O)[C@@H](N)CSCc1cccc(C(=O)Nc2ccc(N3CCCCC3)cc2C(=O)N/N=C\c2ccc(Cl)c(C(F)(F)F)c2)c1. The van der Waals surface area contributed by atoms with Crippen molar-refractivity contribution in [3.05, 3.63) is 104 Å². The number of nitrogens with two attached hydrogens (primary N) is 1. The lowest BCUT2D eigenvalue weighted by atomic mass is 10.1. The van der Waals surface area contributed by atoms with Crippen molar-refractivity contribution in [2.45, 2.75) is 37.2 Å². The summed E-state index contributed by atoms with van der Waals surface area (Å²) in [5.41, 5.74) is 18.0. The lowest BCUT2D eigenvalue weighted by molar-refractivity contribution is -0.137. The Labute approximate surface area is 349 Å². The maximum atomic E-state index is 13.5. The molecule has 0 radical (unpaired) electrons. The molecular formula is C39H47ClF3N9O6S. The number of hydrogen-bond donors (Lipinski definition) is 4. The highest BCUT2D eigenvalue weighted by molar-refractivity contribution is 7.98. The minimum Gasteiger partial charge on any atom is -0.379 e. The van der Waals surface area contributed by atoms with Crippen LogP contribution >= 0.6 is 23.4 Å². The highest BCUT2D eigenvalue weighted by atomic mass is 35.5. The van der Waals surface area contributed by atoms with E-state index in [0.29, 0.717) is 50.1 Å². The number of alkyl halides is 3. The van der Waals surface area contributed by atoms with E-state index in [1.165, 1.54) is 17.8 Å². The van der Waals surface area contributed by atoms with Crippen molar-refractivity contribution in [3.63, 3.8) is 0 Å². The van der Waals surface area contributed by atoms with E-state index in [1.807, 2.05) is 12.1 Å². The average Bonchev–Trinajstić information content (AvgIpc) is 3.23. The highest BCUT2D eigenvalue weighted by Gasteiger charge is 2.33. The van der Waals surface area contributed by atoms with Gasteiger partial charge in [-0.2, -0.15) is 30.0 Å². The minimum absolute atomic E-state index is 0.0709. The van der Waals surface area contributed by atoms with Gasteiger partial charge < -0.3 is 35.5 Å². The summed E-state index contributed by atoms with van der Waals surface area (Å²) in [4.78, 5) is 44.2. The Hall–Kier alpha value is -4.88. The first-order valence-corrected chi connectivity index (χ1v) is 20.3. The monoisotopic (exact) mass is 861 g/mol. The second-order valence-corrected chi connectivity index (χ2v) is 14.5. The van der Waals surface area contributed by atoms with E-state index in [-0.39, 0.29) is 42.4 Å². The Bertz CT molecular complexity index is 1930. The van der Waals surface area contributed by atoms with E-state index >= 15 is 0 Å². The van der Waals surface area contributed by atoms with Gasteiger partial charge in [0.05, 0.1) is 73.7 Å². The smallest absolute Gasteiger partial charge is 0.379 e. The number of hydrogen-bond acceptors (Lipinski definition) is 11. The minimum atomic E-state index is -4.67. The number of anilines is 2. The molecule has 0 saturated carbocycles. The number of ether oxygens (including phenoxy) is 3. The first-order chi connectivity index (χ1) is 28.5. The molecule has 3 amide bonds. The number of hydrazone groups is 1. The van der Waals surface area contributed by atoms with Crippen molar-refractivity contribution >= 4 is 58.7 Å². The molecule has 0 aliphatic carbocycles. The van der Waals surface area contributed by atoms with E-state index in [2.05, 4.69) is 36.1 Å². The van der Waals surface area contributed by atoms with Crippen LogP contribution in [0.25, 0.3) is 10.4 Å². The second kappa shape index (κ2) is 24.9. The zero-order chi connectivity index (χ0) is 42.5. The van der Waals surface area contributed by atoms with Crippen molar-refractivity contribution in [3.8, 4) is 0 Å². The summed E-state index contributed by atoms with van der Waals surface area (Å²) < 4.78 is 56.1. The lowest BCUT2D eigenvalue weighted by Crippen LogP contribution is -2.43. The summed E-state index contributed by atoms with van der Waals surface area (Å²) in [5, 5.41) is 12.4. The van der Waals surface area contributed by atoms with Gasteiger partial charge in [-0.05, 0) is 78.4 Å². The summed E-state index contributed by atoms with van der Waals surface area (Å²) in [7, 11) is 0. The van der Waals surface area contributed by atoms with Crippen molar-refractivity contribution in [2.75, 3.05) is 81.8 Å². The maximum Gasteiger partial charge on any atom is 0.417 e. The van der Waals surface area contributed by atoms with Crippen LogP contribution in [-0.2, 0) is 30.9 Å². The number of azide groups is 1.